The van der Waals surface area contributed by atoms with Crippen LogP contribution in [0.3, 0.4) is 0 Å². The van der Waals surface area contributed by atoms with Gasteiger partial charge in [0, 0.05) is 13.1 Å². The van der Waals surface area contributed by atoms with E-state index in [9.17, 15) is 12.8 Å². The number of rotatable bonds is 4. The number of nitrogens with zero attached hydrogens (tertiary/aromatic N) is 1. The van der Waals surface area contributed by atoms with Crippen molar-refractivity contribution in [2.24, 2.45) is 11.7 Å². The van der Waals surface area contributed by atoms with Crippen LogP contribution in [0.25, 0.3) is 0 Å². The van der Waals surface area contributed by atoms with Gasteiger partial charge in [0.2, 0.25) is 10.0 Å². The predicted molar refractivity (Wildman–Crippen MR) is 76.4 cm³/mol. The van der Waals surface area contributed by atoms with E-state index in [-0.39, 0.29) is 4.90 Å². The highest BCUT2D eigenvalue weighted by Crippen LogP contribution is 2.29. The van der Waals surface area contributed by atoms with Crippen LogP contribution in [0.2, 0.25) is 0 Å². The van der Waals surface area contributed by atoms with Crippen LogP contribution in [-0.2, 0) is 10.0 Å². The van der Waals surface area contributed by atoms with Gasteiger partial charge in [-0.15, -0.1) is 0 Å². The summed E-state index contributed by atoms with van der Waals surface area (Å²) < 4.78 is 40.2. The van der Waals surface area contributed by atoms with E-state index in [1.165, 1.54) is 16.4 Å². The normalized spacial score (nSPS) is 20.5. The second kappa shape index (κ2) is 5.79. The van der Waals surface area contributed by atoms with Gasteiger partial charge in [0.1, 0.15) is 5.82 Å². The zero-order valence-electron chi connectivity index (χ0n) is 11.9. The molecule has 2 N–H and O–H groups in total. The smallest absolute Gasteiger partial charge is 0.243 e. The molecule has 1 aliphatic rings. The lowest BCUT2D eigenvalue weighted by atomic mass is 10.1. The fraction of sp³-hybridized carbons (Fsp3) is 0.571. The molecule has 0 aliphatic carbocycles. The van der Waals surface area contributed by atoms with Gasteiger partial charge in [0.05, 0.1) is 4.90 Å². The molecule has 0 amide bonds. The fourth-order valence-electron chi connectivity index (χ4n) is 2.92. The van der Waals surface area contributed by atoms with Crippen molar-refractivity contribution in [3.05, 3.63) is 29.1 Å². The Labute approximate surface area is 119 Å². The summed E-state index contributed by atoms with van der Waals surface area (Å²) in [5.74, 6) is -0.0720. The van der Waals surface area contributed by atoms with Gasteiger partial charge in [0.15, 0.2) is 0 Å². The van der Waals surface area contributed by atoms with Crippen molar-refractivity contribution in [3.8, 4) is 0 Å². The number of sulfonamides is 1. The second-order valence-electron chi connectivity index (χ2n) is 5.46. The van der Waals surface area contributed by atoms with E-state index in [1.807, 2.05) is 0 Å². The maximum atomic E-state index is 13.3. The third-order valence-electron chi connectivity index (χ3n) is 3.85. The van der Waals surface area contributed by atoms with E-state index in [0.717, 1.165) is 12.8 Å². The van der Waals surface area contributed by atoms with Crippen molar-refractivity contribution in [1.29, 1.82) is 0 Å². The number of hydrogen-bond donors (Lipinski definition) is 1. The molecule has 1 atom stereocenters. The lowest BCUT2D eigenvalue weighted by molar-refractivity contribution is 0.448. The summed E-state index contributed by atoms with van der Waals surface area (Å²) in [6.07, 6.45) is 1.68. The van der Waals surface area contributed by atoms with Gasteiger partial charge >= 0.3 is 0 Å². The first-order chi connectivity index (χ1) is 9.36. The molecule has 6 heteroatoms. The topological polar surface area (TPSA) is 63.4 Å². The molecule has 1 heterocycles. The monoisotopic (exact) mass is 300 g/mol. The maximum absolute atomic E-state index is 13.3. The van der Waals surface area contributed by atoms with Crippen molar-refractivity contribution in [1.82, 2.24) is 4.31 Å². The summed E-state index contributed by atoms with van der Waals surface area (Å²) in [5, 5.41) is 0. The summed E-state index contributed by atoms with van der Waals surface area (Å²) in [5.41, 5.74) is 6.45. The molecule has 1 aromatic rings. The molecule has 112 valence electrons. The van der Waals surface area contributed by atoms with Crippen LogP contribution in [0.15, 0.2) is 17.0 Å². The Kier molecular flexibility index (Phi) is 4.46. The highest BCUT2D eigenvalue weighted by Gasteiger charge is 2.34. The fourth-order valence-corrected chi connectivity index (χ4v) is 4.86. The lowest BCUT2D eigenvalue weighted by Gasteiger charge is -2.19. The molecular weight excluding hydrogens is 279 g/mol. The van der Waals surface area contributed by atoms with E-state index in [4.69, 9.17) is 5.73 Å². The van der Waals surface area contributed by atoms with Crippen molar-refractivity contribution < 1.29 is 12.8 Å². The Hall–Kier alpha value is -0.980. The van der Waals surface area contributed by atoms with E-state index in [1.54, 1.807) is 13.8 Å². The quantitative estimate of drug-likeness (QED) is 0.922. The zero-order chi connectivity index (χ0) is 14.9. The number of halogens is 1. The summed E-state index contributed by atoms with van der Waals surface area (Å²) >= 11 is 0. The van der Waals surface area contributed by atoms with Gasteiger partial charge in [-0.2, -0.15) is 4.31 Å². The van der Waals surface area contributed by atoms with Crippen LogP contribution in [0.1, 0.15) is 24.0 Å². The summed E-state index contributed by atoms with van der Waals surface area (Å²) in [4.78, 5) is 0.243. The summed E-state index contributed by atoms with van der Waals surface area (Å²) in [6, 6.07) is 2.54. The van der Waals surface area contributed by atoms with Crippen molar-refractivity contribution in [2.45, 2.75) is 31.6 Å². The minimum absolute atomic E-state index is 0.243. The molecule has 0 saturated carbocycles. The molecule has 1 fully saturated rings. The van der Waals surface area contributed by atoms with Crippen LogP contribution >= 0.6 is 0 Å². The second-order valence-corrected chi connectivity index (χ2v) is 7.34. The third kappa shape index (κ3) is 2.87. The van der Waals surface area contributed by atoms with Crippen LogP contribution in [0.4, 0.5) is 4.39 Å². The highest BCUT2D eigenvalue weighted by atomic mass is 32.2. The molecule has 0 radical (unpaired) electrons. The predicted octanol–water partition coefficient (Wildman–Crippen LogP) is 1.80. The molecule has 2 rings (SSSR count). The van der Waals surface area contributed by atoms with Gasteiger partial charge in [0.25, 0.3) is 0 Å². The Morgan fingerprint density at radius 3 is 2.50 bits per heavy atom. The number of benzene rings is 1. The zero-order valence-corrected chi connectivity index (χ0v) is 12.7. The minimum atomic E-state index is -3.54. The van der Waals surface area contributed by atoms with Gasteiger partial charge < -0.3 is 5.73 Å². The van der Waals surface area contributed by atoms with Gasteiger partial charge in [-0.05, 0) is 62.4 Å². The molecule has 1 aromatic carbocycles. The Morgan fingerprint density at radius 1 is 1.35 bits per heavy atom. The Morgan fingerprint density at radius 2 is 1.95 bits per heavy atom. The van der Waals surface area contributed by atoms with Crippen molar-refractivity contribution in [2.75, 3.05) is 19.6 Å². The van der Waals surface area contributed by atoms with Crippen molar-refractivity contribution >= 4 is 10.0 Å². The largest absolute Gasteiger partial charge is 0.330 e. The van der Waals surface area contributed by atoms with E-state index in [2.05, 4.69) is 0 Å². The van der Waals surface area contributed by atoms with Crippen LogP contribution < -0.4 is 5.73 Å². The first kappa shape index (κ1) is 15.4. The molecule has 20 heavy (non-hydrogen) atoms. The molecule has 1 unspecified atom stereocenters. The van der Waals surface area contributed by atoms with Gasteiger partial charge in [-0.25, -0.2) is 12.8 Å². The van der Waals surface area contributed by atoms with Gasteiger partial charge in [-0.3, -0.25) is 0 Å². The molecular formula is C14H21FN2O2S. The summed E-state index contributed by atoms with van der Waals surface area (Å²) in [7, 11) is -3.54. The van der Waals surface area contributed by atoms with E-state index in [0.29, 0.717) is 36.7 Å². The van der Waals surface area contributed by atoms with Crippen LogP contribution in [-0.4, -0.2) is 32.4 Å². The minimum Gasteiger partial charge on any atom is -0.330 e. The van der Waals surface area contributed by atoms with E-state index >= 15 is 0 Å². The number of nitrogens with two attached hydrogens (primary N) is 1. The maximum Gasteiger partial charge on any atom is 0.243 e. The molecule has 1 saturated heterocycles. The first-order valence-corrected chi connectivity index (χ1v) is 8.27. The molecule has 0 bridgehead atoms. The Balaban J connectivity index is 2.33. The van der Waals surface area contributed by atoms with Crippen LogP contribution in [0.5, 0.6) is 0 Å². The average molecular weight is 300 g/mol. The van der Waals surface area contributed by atoms with Crippen LogP contribution in [0, 0.1) is 25.6 Å². The standard InChI is InChI=1S/C14H21FN2O2S/c1-10-7-13(15)8-11(2)14(10)20(18,19)17-6-4-12(9-17)3-5-16/h7-8,12H,3-6,9,16H2,1-2H3. The van der Waals surface area contributed by atoms with Gasteiger partial charge in [-0.1, -0.05) is 0 Å². The third-order valence-corrected chi connectivity index (χ3v) is 6.02. The molecule has 0 aromatic heterocycles. The Bertz CT molecular complexity index is 578. The first-order valence-electron chi connectivity index (χ1n) is 6.83. The van der Waals surface area contributed by atoms with E-state index < -0.39 is 15.8 Å². The SMILES string of the molecule is Cc1cc(F)cc(C)c1S(=O)(=O)N1CCC(CCN)C1. The molecule has 0 spiro atoms. The summed E-state index contributed by atoms with van der Waals surface area (Å²) in [6.45, 7) is 4.87. The highest BCUT2D eigenvalue weighted by molar-refractivity contribution is 7.89. The molecule has 1 aliphatic heterocycles. The number of hydrogen-bond acceptors (Lipinski definition) is 3. The number of aryl methyl sites for hydroxylation is 2. The molecule has 4 nitrogen and oxygen atoms in total. The lowest BCUT2D eigenvalue weighted by Crippen LogP contribution is -2.30. The van der Waals surface area contributed by atoms with Crippen molar-refractivity contribution in [3.63, 3.8) is 0 Å². The average Bonchev–Trinajstić information content (AvgIpc) is 2.76.